The van der Waals surface area contributed by atoms with Crippen LogP contribution < -0.4 is 26.6 Å². The first kappa shape index (κ1) is 26.2. The number of anilines is 1. The molecular formula is C23H23F3N8O4. The normalized spacial score (nSPS) is 15.8. The van der Waals surface area contributed by atoms with Crippen molar-refractivity contribution in [1.29, 1.82) is 0 Å². The Hall–Kier alpha value is -4.82. The lowest BCUT2D eigenvalue weighted by Gasteiger charge is -2.20. The minimum Gasteiger partial charge on any atom is -0.465 e. The Labute approximate surface area is 213 Å². The Morgan fingerprint density at radius 2 is 1.92 bits per heavy atom. The maximum absolute atomic E-state index is 13.3. The third-order valence-electron chi connectivity index (χ3n) is 5.49. The summed E-state index contributed by atoms with van der Waals surface area (Å²) in [6.07, 6.45) is -5.18. The number of halogens is 3. The molecule has 0 saturated carbocycles. The van der Waals surface area contributed by atoms with Crippen molar-refractivity contribution in [2.75, 3.05) is 25.0 Å². The van der Waals surface area contributed by atoms with Crippen LogP contribution in [0.3, 0.4) is 0 Å². The van der Waals surface area contributed by atoms with E-state index in [1.165, 1.54) is 36.5 Å². The van der Waals surface area contributed by atoms with E-state index >= 15 is 0 Å². The molecule has 3 amide bonds. The summed E-state index contributed by atoms with van der Waals surface area (Å²) in [5.41, 5.74) is 0.859. The zero-order valence-electron chi connectivity index (χ0n) is 19.6. The summed E-state index contributed by atoms with van der Waals surface area (Å²) in [4.78, 5) is 40.6. The molecule has 1 aliphatic heterocycles. The van der Waals surface area contributed by atoms with Gasteiger partial charge in [-0.05, 0) is 23.8 Å². The zero-order chi connectivity index (χ0) is 27.2. The fourth-order valence-electron chi connectivity index (χ4n) is 3.69. The van der Waals surface area contributed by atoms with E-state index in [0.717, 1.165) is 6.07 Å². The van der Waals surface area contributed by atoms with E-state index in [0.29, 0.717) is 22.5 Å². The third kappa shape index (κ3) is 6.48. The first-order valence-corrected chi connectivity index (χ1v) is 11.3. The Bertz CT molecular complexity index is 1380. The van der Waals surface area contributed by atoms with Gasteiger partial charge in [0.2, 0.25) is 5.91 Å². The molecule has 0 radical (unpaired) electrons. The Morgan fingerprint density at radius 3 is 2.63 bits per heavy atom. The highest BCUT2D eigenvalue weighted by molar-refractivity contribution is 6.07. The Morgan fingerprint density at radius 1 is 1.13 bits per heavy atom. The second-order valence-corrected chi connectivity index (χ2v) is 8.25. The van der Waals surface area contributed by atoms with Crippen LogP contribution in [0.15, 0.2) is 47.6 Å². The number of fused-ring (bicyclic) bond motifs is 1. The maximum atomic E-state index is 13.3. The molecule has 15 heteroatoms. The number of aromatic nitrogens is 2. The number of nitrogens with zero attached hydrogens (tertiary/aromatic N) is 2. The van der Waals surface area contributed by atoms with Crippen molar-refractivity contribution in [3.05, 3.63) is 59.3 Å². The number of amides is 3. The lowest BCUT2D eigenvalue weighted by Crippen LogP contribution is -2.44. The molecule has 0 saturated heterocycles. The van der Waals surface area contributed by atoms with Gasteiger partial charge in [0.1, 0.15) is 12.3 Å². The topological polar surface area (TPSA) is 173 Å². The van der Waals surface area contributed by atoms with Crippen LogP contribution in [-0.2, 0) is 4.79 Å². The van der Waals surface area contributed by atoms with Gasteiger partial charge in [0.15, 0.2) is 5.96 Å². The number of alkyl halides is 3. The van der Waals surface area contributed by atoms with Gasteiger partial charge >= 0.3 is 6.09 Å². The minimum atomic E-state index is -2.79. The summed E-state index contributed by atoms with van der Waals surface area (Å²) >= 11 is 0. The number of H-pyrrole nitrogens is 1. The van der Waals surface area contributed by atoms with Gasteiger partial charge in [0.25, 0.3) is 12.3 Å². The third-order valence-corrected chi connectivity index (χ3v) is 5.49. The molecule has 4 rings (SSSR count). The van der Waals surface area contributed by atoms with E-state index in [1.54, 1.807) is 0 Å². The fourth-order valence-corrected chi connectivity index (χ4v) is 3.69. The van der Waals surface area contributed by atoms with Crippen molar-refractivity contribution >= 4 is 40.5 Å². The highest BCUT2D eigenvalue weighted by Crippen LogP contribution is 2.25. The molecule has 1 aliphatic rings. The summed E-state index contributed by atoms with van der Waals surface area (Å²) in [6, 6.07) is 7.93. The largest absolute Gasteiger partial charge is 0.465 e. The number of benzene rings is 2. The van der Waals surface area contributed by atoms with Crippen molar-refractivity contribution in [1.82, 2.24) is 31.5 Å². The zero-order valence-corrected chi connectivity index (χ0v) is 19.6. The van der Waals surface area contributed by atoms with Crippen LogP contribution in [0.2, 0.25) is 0 Å². The number of aliphatic imine (C=N–C) groups is 1. The average Bonchev–Trinajstić information content (AvgIpc) is 3.37. The molecule has 200 valence electrons. The van der Waals surface area contributed by atoms with E-state index in [1.807, 2.05) is 5.32 Å². The number of rotatable bonds is 8. The van der Waals surface area contributed by atoms with E-state index in [9.17, 15) is 27.6 Å². The van der Waals surface area contributed by atoms with Crippen molar-refractivity contribution in [3.8, 4) is 0 Å². The van der Waals surface area contributed by atoms with Gasteiger partial charge < -0.3 is 26.4 Å². The summed E-state index contributed by atoms with van der Waals surface area (Å²) in [5, 5.41) is 29.1. The van der Waals surface area contributed by atoms with Crippen molar-refractivity contribution < 1.29 is 32.7 Å². The van der Waals surface area contributed by atoms with Gasteiger partial charge in [0.05, 0.1) is 37.0 Å². The van der Waals surface area contributed by atoms with E-state index in [4.69, 9.17) is 5.11 Å². The van der Waals surface area contributed by atoms with Gasteiger partial charge in [-0.1, -0.05) is 18.2 Å². The molecule has 2 aromatic carbocycles. The van der Waals surface area contributed by atoms with Crippen LogP contribution in [0.1, 0.15) is 34.1 Å². The summed E-state index contributed by atoms with van der Waals surface area (Å²) in [5.74, 6) is -1.09. The van der Waals surface area contributed by atoms with Gasteiger partial charge in [-0.15, -0.1) is 0 Å². The highest BCUT2D eigenvalue weighted by Gasteiger charge is 2.20. The second-order valence-electron chi connectivity index (χ2n) is 8.25. The van der Waals surface area contributed by atoms with Crippen LogP contribution in [0.4, 0.5) is 23.7 Å². The molecule has 0 bridgehead atoms. The highest BCUT2D eigenvalue weighted by atomic mass is 19.3. The van der Waals surface area contributed by atoms with Crippen LogP contribution in [0, 0.1) is 0 Å². The molecule has 38 heavy (non-hydrogen) atoms. The van der Waals surface area contributed by atoms with Crippen LogP contribution in [0.25, 0.3) is 10.9 Å². The molecule has 2 atom stereocenters. The second kappa shape index (κ2) is 11.5. The molecule has 0 spiro atoms. The van der Waals surface area contributed by atoms with Crippen molar-refractivity contribution in [3.63, 3.8) is 0 Å². The summed E-state index contributed by atoms with van der Waals surface area (Å²) in [6.45, 7) is -0.468. The van der Waals surface area contributed by atoms with Gasteiger partial charge in [-0.2, -0.15) is 5.10 Å². The molecule has 12 nitrogen and oxygen atoms in total. The SMILES string of the molecule is O=C(O)NC(NC(=O)CNC(=O)c1cc(NC2=NCC(F)CN2)c2cn[nH]c2c1)c1cccc(C(F)F)c1. The van der Waals surface area contributed by atoms with Gasteiger partial charge in [0, 0.05) is 16.5 Å². The lowest BCUT2D eigenvalue weighted by atomic mass is 10.1. The fraction of sp³-hybridized carbons (Fsp3) is 0.261. The van der Waals surface area contributed by atoms with Crippen molar-refractivity contribution in [2.45, 2.75) is 18.8 Å². The number of carbonyl (C=O) groups is 3. The minimum absolute atomic E-state index is 0.0106. The van der Waals surface area contributed by atoms with Gasteiger partial charge in [-0.3, -0.25) is 20.0 Å². The van der Waals surface area contributed by atoms with E-state index in [2.05, 4.69) is 36.5 Å². The number of aromatic amines is 1. The molecule has 3 aromatic rings. The molecule has 1 aromatic heterocycles. The Balaban J connectivity index is 1.44. The molecular weight excluding hydrogens is 509 g/mol. The molecule has 0 fully saturated rings. The predicted molar refractivity (Wildman–Crippen MR) is 131 cm³/mol. The first-order chi connectivity index (χ1) is 18.2. The average molecular weight is 532 g/mol. The number of nitrogens with one attached hydrogen (secondary N) is 6. The monoisotopic (exact) mass is 532 g/mol. The number of carboxylic acid groups (broad SMARTS) is 1. The number of carbonyl (C=O) groups excluding carboxylic acids is 2. The van der Waals surface area contributed by atoms with E-state index in [-0.39, 0.29) is 29.8 Å². The van der Waals surface area contributed by atoms with Crippen molar-refractivity contribution in [2.24, 2.45) is 4.99 Å². The van der Waals surface area contributed by atoms with Gasteiger partial charge in [-0.25, -0.2) is 23.0 Å². The summed E-state index contributed by atoms with van der Waals surface area (Å²) in [7, 11) is 0. The summed E-state index contributed by atoms with van der Waals surface area (Å²) < 4.78 is 39.4. The van der Waals surface area contributed by atoms with Crippen LogP contribution in [-0.4, -0.2) is 65.0 Å². The Kier molecular flexibility index (Phi) is 7.94. The standard InChI is InChI=1S/C23H23F3N8O4/c24-14-7-28-22(29-8-14)31-16-5-13(6-17-15(16)9-30-34-17)21(36)27-10-18(35)32-20(33-23(37)38)12-3-1-2-11(4-12)19(25)26/h1-6,9,14,19-20,33H,7-8,10H2,(H,27,36)(H,30,34)(H,32,35)(H,37,38)(H2,28,29,31). The smallest absolute Gasteiger partial charge is 0.406 e. The maximum Gasteiger partial charge on any atom is 0.406 e. The molecule has 2 heterocycles. The molecule has 2 unspecified atom stereocenters. The lowest BCUT2D eigenvalue weighted by molar-refractivity contribution is -0.121. The van der Waals surface area contributed by atoms with E-state index < -0.39 is 43.2 Å². The van der Waals surface area contributed by atoms with Crippen LogP contribution >= 0.6 is 0 Å². The molecule has 7 N–H and O–H groups in total. The number of guanidine groups is 1. The predicted octanol–water partition coefficient (Wildman–Crippen LogP) is 2.02. The number of hydrogen-bond acceptors (Lipinski definition) is 7. The van der Waals surface area contributed by atoms with Crippen LogP contribution in [0.5, 0.6) is 0 Å². The quantitative estimate of drug-likeness (QED) is 0.217. The molecule has 0 aliphatic carbocycles. The first-order valence-electron chi connectivity index (χ1n) is 11.3. The number of hydrogen-bond donors (Lipinski definition) is 7.